The number of hydrogen-bond donors (Lipinski definition) is 1. The van der Waals surface area contributed by atoms with Gasteiger partial charge in [-0.05, 0) is 5.56 Å². The number of nitro benzene ring substituents is 1. The molecule has 4 heterocycles. The molecule has 4 fully saturated rings. The third kappa shape index (κ3) is 2.04. The summed E-state index contributed by atoms with van der Waals surface area (Å²) in [6, 6.07) is 6.41. The van der Waals surface area contributed by atoms with Crippen LogP contribution in [0.1, 0.15) is 11.7 Å². The van der Waals surface area contributed by atoms with Crippen molar-refractivity contribution in [2.75, 3.05) is 39.6 Å². The molecule has 0 saturated carbocycles. The first kappa shape index (κ1) is 13.1. The van der Waals surface area contributed by atoms with Crippen LogP contribution in [0.5, 0.6) is 0 Å². The average Bonchev–Trinajstić information content (AvgIpc) is 2.45. The van der Waals surface area contributed by atoms with E-state index in [-0.39, 0.29) is 11.1 Å². The van der Waals surface area contributed by atoms with Gasteiger partial charge in [0.15, 0.2) is 0 Å². The molecule has 5 rings (SSSR count). The summed E-state index contributed by atoms with van der Waals surface area (Å²) in [7, 11) is 0. The highest BCUT2D eigenvalue weighted by Crippen LogP contribution is 2.44. The van der Waals surface area contributed by atoms with Crippen LogP contribution in [0.3, 0.4) is 0 Å². The van der Waals surface area contributed by atoms with Gasteiger partial charge in [0.1, 0.15) is 0 Å². The van der Waals surface area contributed by atoms with Gasteiger partial charge in [-0.25, -0.2) is 0 Å². The zero-order valence-electron chi connectivity index (χ0n) is 11.7. The summed E-state index contributed by atoms with van der Waals surface area (Å²) in [6.45, 7) is 5.43. The Morgan fingerprint density at radius 3 is 2.24 bits per heavy atom. The second-order valence-electron chi connectivity index (χ2n) is 6.53. The lowest BCUT2D eigenvalue weighted by Crippen LogP contribution is -2.73. The molecule has 4 aliphatic heterocycles. The van der Waals surface area contributed by atoms with Crippen LogP contribution < -0.4 is 0 Å². The van der Waals surface area contributed by atoms with E-state index in [9.17, 15) is 15.2 Å². The number of aliphatic hydroxyl groups excluding tert-OH is 1. The lowest BCUT2D eigenvalue weighted by molar-refractivity contribution is -0.385. The second-order valence-corrected chi connectivity index (χ2v) is 6.53. The highest BCUT2D eigenvalue weighted by atomic mass is 16.6. The van der Waals surface area contributed by atoms with Crippen molar-refractivity contribution in [1.82, 2.24) is 14.7 Å². The van der Waals surface area contributed by atoms with E-state index in [2.05, 4.69) is 14.7 Å². The van der Waals surface area contributed by atoms with Crippen molar-refractivity contribution in [2.45, 2.75) is 6.10 Å². The molecule has 1 aromatic rings. The maximum absolute atomic E-state index is 10.9. The molecular formula is C14H18N4O3. The Balaban J connectivity index is 1.66. The summed E-state index contributed by atoms with van der Waals surface area (Å²) in [5.74, 6) is 0. The van der Waals surface area contributed by atoms with E-state index in [0.29, 0.717) is 5.56 Å². The van der Waals surface area contributed by atoms with Crippen molar-refractivity contribution < 1.29 is 10.0 Å². The number of rotatable bonds is 3. The molecule has 0 unspecified atom stereocenters. The Kier molecular flexibility index (Phi) is 2.80. The van der Waals surface area contributed by atoms with Gasteiger partial charge in [0.25, 0.3) is 5.69 Å². The Morgan fingerprint density at radius 1 is 1.14 bits per heavy atom. The molecule has 0 aromatic heterocycles. The lowest BCUT2D eigenvalue weighted by atomic mass is 9.74. The Hall–Kier alpha value is -1.54. The minimum absolute atomic E-state index is 0.0391. The smallest absolute Gasteiger partial charge is 0.269 e. The fourth-order valence-electron chi connectivity index (χ4n) is 4.19. The van der Waals surface area contributed by atoms with E-state index in [1.165, 1.54) is 12.1 Å². The van der Waals surface area contributed by atoms with Gasteiger partial charge in [0, 0.05) is 37.2 Å². The molecule has 0 spiro atoms. The van der Waals surface area contributed by atoms with Gasteiger partial charge in [-0.2, -0.15) is 0 Å². The molecule has 1 aromatic carbocycles. The molecule has 7 heteroatoms. The Morgan fingerprint density at radius 2 is 1.71 bits per heavy atom. The standard InChI is InChI=1S/C14H18N4O3/c19-13(11-2-1-3-12(4-11)18(20)21)14-5-15-8-16(6-14)10-17(7-14)9-15/h1-4,13,19H,5-10H2/t13-/m1/s1. The molecule has 112 valence electrons. The van der Waals surface area contributed by atoms with Gasteiger partial charge in [0.05, 0.1) is 31.0 Å². The predicted octanol–water partition coefficient (Wildman–Crippen LogP) is 0.434. The van der Waals surface area contributed by atoms with Crippen LogP contribution in [0.2, 0.25) is 0 Å². The molecule has 4 bridgehead atoms. The van der Waals surface area contributed by atoms with E-state index >= 15 is 0 Å². The van der Waals surface area contributed by atoms with Gasteiger partial charge in [-0.3, -0.25) is 24.8 Å². The van der Waals surface area contributed by atoms with Gasteiger partial charge in [-0.15, -0.1) is 0 Å². The predicted molar refractivity (Wildman–Crippen MR) is 75.2 cm³/mol. The average molecular weight is 290 g/mol. The molecule has 0 radical (unpaired) electrons. The zero-order valence-corrected chi connectivity index (χ0v) is 11.7. The number of aliphatic hydroxyl groups is 1. The first-order valence-corrected chi connectivity index (χ1v) is 7.15. The molecule has 1 N–H and O–H groups in total. The van der Waals surface area contributed by atoms with Crippen LogP contribution in [-0.2, 0) is 0 Å². The SMILES string of the molecule is O=[N+]([O-])c1cccc([C@@H](O)C23CN4CN(CN(C4)C2)C3)c1. The molecule has 4 aliphatic rings. The van der Waals surface area contributed by atoms with E-state index in [1.54, 1.807) is 12.1 Å². The van der Waals surface area contributed by atoms with Crippen molar-refractivity contribution in [3.63, 3.8) is 0 Å². The van der Waals surface area contributed by atoms with Crippen LogP contribution in [0.15, 0.2) is 24.3 Å². The minimum Gasteiger partial charge on any atom is -0.388 e. The summed E-state index contributed by atoms with van der Waals surface area (Å²) >= 11 is 0. The van der Waals surface area contributed by atoms with Crippen LogP contribution >= 0.6 is 0 Å². The summed E-state index contributed by atoms with van der Waals surface area (Å²) in [5, 5.41) is 21.8. The number of hydrogen-bond acceptors (Lipinski definition) is 6. The fraction of sp³-hybridized carbons (Fsp3) is 0.571. The highest BCUT2D eigenvalue weighted by molar-refractivity contribution is 5.36. The van der Waals surface area contributed by atoms with Crippen molar-refractivity contribution >= 4 is 5.69 Å². The van der Waals surface area contributed by atoms with E-state index in [0.717, 1.165) is 39.6 Å². The quantitative estimate of drug-likeness (QED) is 0.643. The fourth-order valence-corrected chi connectivity index (χ4v) is 4.19. The third-order valence-corrected chi connectivity index (χ3v) is 4.79. The number of nitro groups is 1. The molecule has 21 heavy (non-hydrogen) atoms. The summed E-state index contributed by atoms with van der Waals surface area (Å²) in [6.07, 6.45) is -0.675. The highest BCUT2D eigenvalue weighted by Gasteiger charge is 2.52. The third-order valence-electron chi connectivity index (χ3n) is 4.79. The van der Waals surface area contributed by atoms with Crippen molar-refractivity contribution in [3.8, 4) is 0 Å². The zero-order chi connectivity index (χ0) is 14.6. The number of nitrogens with zero attached hydrogens (tertiary/aromatic N) is 4. The normalized spacial score (nSPS) is 38.4. The Labute approximate surface area is 122 Å². The number of non-ortho nitro benzene ring substituents is 1. The molecule has 1 atom stereocenters. The minimum atomic E-state index is -0.675. The summed E-state index contributed by atoms with van der Waals surface area (Å²) in [4.78, 5) is 17.5. The largest absolute Gasteiger partial charge is 0.388 e. The lowest BCUT2D eigenvalue weighted by Gasteiger charge is -2.61. The van der Waals surface area contributed by atoms with Crippen molar-refractivity contribution in [1.29, 1.82) is 0 Å². The van der Waals surface area contributed by atoms with Crippen LogP contribution in [0.4, 0.5) is 5.69 Å². The maximum atomic E-state index is 10.9. The molecule has 4 saturated heterocycles. The topological polar surface area (TPSA) is 73.1 Å². The summed E-state index contributed by atoms with van der Waals surface area (Å²) < 4.78 is 0. The summed E-state index contributed by atoms with van der Waals surface area (Å²) in [5.41, 5.74) is 0.441. The van der Waals surface area contributed by atoms with Crippen LogP contribution in [-0.4, -0.2) is 64.4 Å². The van der Waals surface area contributed by atoms with Crippen molar-refractivity contribution in [3.05, 3.63) is 39.9 Å². The maximum Gasteiger partial charge on any atom is 0.269 e. The van der Waals surface area contributed by atoms with Crippen LogP contribution in [0, 0.1) is 15.5 Å². The Bertz CT molecular complexity index is 556. The van der Waals surface area contributed by atoms with E-state index < -0.39 is 11.0 Å². The van der Waals surface area contributed by atoms with Crippen LogP contribution in [0.25, 0.3) is 0 Å². The monoisotopic (exact) mass is 290 g/mol. The van der Waals surface area contributed by atoms with Gasteiger partial charge < -0.3 is 5.11 Å². The molecule has 7 nitrogen and oxygen atoms in total. The molecule has 0 aliphatic carbocycles. The van der Waals surface area contributed by atoms with Gasteiger partial charge >= 0.3 is 0 Å². The van der Waals surface area contributed by atoms with E-state index in [4.69, 9.17) is 0 Å². The second kappa shape index (κ2) is 4.48. The van der Waals surface area contributed by atoms with Gasteiger partial charge in [0.2, 0.25) is 0 Å². The van der Waals surface area contributed by atoms with Gasteiger partial charge in [-0.1, -0.05) is 12.1 Å². The number of benzene rings is 1. The van der Waals surface area contributed by atoms with E-state index in [1.807, 2.05) is 0 Å². The first-order valence-electron chi connectivity index (χ1n) is 7.15. The molecule has 0 amide bonds. The van der Waals surface area contributed by atoms with Crippen molar-refractivity contribution in [2.24, 2.45) is 5.41 Å². The first-order chi connectivity index (χ1) is 10.1. The molecular weight excluding hydrogens is 272 g/mol.